The number of unbranched alkanes of at least 4 members (excludes halogenated alkanes) is 1. The van der Waals surface area contributed by atoms with E-state index in [-0.39, 0.29) is 66.8 Å². The molecule has 4 aliphatic heterocycles. The summed E-state index contributed by atoms with van der Waals surface area (Å²) in [6, 6.07) is 9.69. The van der Waals surface area contributed by atoms with Crippen LogP contribution >= 0.6 is 0 Å². The van der Waals surface area contributed by atoms with Gasteiger partial charge in [-0.3, -0.25) is 4.79 Å². The van der Waals surface area contributed by atoms with Gasteiger partial charge in [-0.25, -0.2) is 4.79 Å². The summed E-state index contributed by atoms with van der Waals surface area (Å²) in [6.07, 6.45) is 4.36. The van der Waals surface area contributed by atoms with E-state index in [0.717, 1.165) is 82.1 Å². The molecular formula is C53H79NO14. The van der Waals surface area contributed by atoms with Crippen LogP contribution in [0.3, 0.4) is 0 Å². The Morgan fingerprint density at radius 2 is 1.50 bits per heavy atom. The third-order valence-corrected chi connectivity index (χ3v) is 18.2. The largest absolute Gasteiger partial charge is 0.461 e. The molecule has 68 heavy (non-hydrogen) atoms. The number of rotatable bonds is 14. The zero-order valence-electron chi connectivity index (χ0n) is 41.0. The number of fused-ring (bicyclic) bond motifs is 5. The number of benzene rings is 1. The summed E-state index contributed by atoms with van der Waals surface area (Å²) in [4.78, 5) is 26.6. The van der Waals surface area contributed by atoms with E-state index in [9.17, 15) is 30.0 Å². The predicted octanol–water partition coefficient (Wildman–Crippen LogP) is 5.71. The van der Waals surface area contributed by atoms with E-state index in [1.807, 2.05) is 58.0 Å². The first kappa shape index (κ1) is 50.4. The predicted molar refractivity (Wildman–Crippen MR) is 247 cm³/mol. The van der Waals surface area contributed by atoms with Gasteiger partial charge >= 0.3 is 11.9 Å². The molecule has 0 unspecified atom stereocenters. The van der Waals surface area contributed by atoms with Crippen LogP contribution < -0.4 is 0 Å². The number of cyclic esters (lactones) is 1. The van der Waals surface area contributed by atoms with Crippen molar-refractivity contribution in [1.29, 1.82) is 0 Å². The fourth-order valence-electron chi connectivity index (χ4n) is 14.5. The van der Waals surface area contributed by atoms with Gasteiger partial charge in [0.2, 0.25) is 0 Å². The van der Waals surface area contributed by atoms with Gasteiger partial charge in [-0.2, -0.15) is 0 Å². The van der Waals surface area contributed by atoms with Crippen LogP contribution in [0.1, 0.15) is 130 Å². The van der Waals surface area contributed by atoms with E-state index in [0.29, 0.717) is 38.2 Å². The number of esters is 2. The van der Waals surface area contributed by atoms with E-state index >= 15 is 0 Å². The van der Waals surface area contributed by atoms with E-state index < -0.39 is 72.6 Å². The van der Waals surface area contributed by atoms with Crippen molar-refractivity contribution in [3.8, 4) is 0 Å². The zero-order valence-corrected chi connectivity index (χ0v) is 41.0. The number of carbonyl (C=O) groups excluding carboxylic acids is 2. The summed E-state index contributed by atoms with van der Waals surface area (Å²) in [5.41, 5.74) is 0.0904. The molecule has 8 aliphatic rings. The van der Waals surface area contributed by atoms with Gasteiger partial charge in [-0.15, -0.1) is 0 Å². The van der Waals surface area contributed by atoms with E-state index in [1.165, 1.54) is 0 Å². The van der Waals surface area contributed by atoms with Crippen molar-refractivity contribution in [1.82, 2.24) is 4.90 Å². The Labute approximate surface area is 402 Å². The smallest absolute Gasteiger partial charge is 0.331 e. The lowest BCUT2D eigenvalue weighted by Crippen LogP contribution is -2.67. The Hall–Kier alpha value is -2.54. The minimum atomic E-state index is -1.01. The SMILES string of the molecule is C[C@@H]1CN(CCCCC(=O)OCc2ccccc2)CC[C@H](O[C@H]2[C@@H](O)C[C@H](O[C@H]3[C@@H](O)C[C@H](O[C@H]4CC[C@@]5(C)[C@H](CC[C@@H]6[C@@H]5C[C@@H](O)[C@]5(C)[C@@H](C7=CC(=O)OC7)CC[C@]65O)C4)O[C@@H]3C)O[C@@H]2C)O1. The monoisotopic (exact) mass is 954 g/mol. The first-order chi connectivity index (χ1) is 32.5. The molecule has 0 radical (unpaired) electrons. The first-order valence-corrected chi connectivity index (χ1v) is 26.0. The summed E-state index contributed by atoms with van der Waals surface area (Å²) >= 11 is 0. The quantitative estimate of drug-likeness (QED) is 0.101. The molecule has 380 valence electrons. The number of ether oxygens (including phenoxy) is 8. The van der Waals surface area contributed by atoms with Crippen LogP contribution in [0.15, 0.2) is 42.0 Å². The van der Waals surface area contributed by atoms with Gasteiger partial charge in [0, 0.05) is 50.3 Å². The molecule has 3 saturated heterocycles. The number of carbonyl (C=O) groups is 2. The number of nitrogens with zero attached hydrogens (tertiary/aromatic N) is 1. The molecule has 15 nitrogen and oxygen atoms in total. The Morgan fingerprint density at radius 3 is 2.19 bits per heavy atom. The molecular weight excluding hydrogens is 875 g/mol. The highest BCUT2D eigenvalue weighted by Gasteiger charge is 2.71. The molecule has 4 aliphatic carbocycles. The fourth-order valence-corrected chi connectivity index (χ4v) is 14.5. The van der Waals surface area contributed by atoms with Gasteiger partial charge in [0.05, 0.1) is 48.3 Å². The average molecular weight is 954 g/mol. The van der Waals surface area contributed by atoms with Crippen LogP contribution in [0.2, 0.25) is 0 Å². The van der Waals surface area contributed by atoms with Crippen molar-refractivity contribution in [3.05, 3.63) is 47.5 Å². The summed E-state index contributed by atoms with van der Waals surface area (Å²) in [5, 5.41) is 47.4. The minimum absolute atomic E-state index is 0.0396. The van der Waals surface area contributed by atoms with Gasteiger partial charge in [0.15, 0.2) is 18.9 Å². The maximum Gasteiger partial charge on any atom is 0.331 e. The van der Waals surface area contributed by atoms with Crippen molar-refractivity contribution < 1.29 is 67.9 Å². The van der Waals surface area contributed by atoms with Crippen LogP contribution in [0, 0.1) is 34.5 Å². The highest BCUT2D eigenvalue weighted by Crippen LogP contribution is 2.70. The second-order valence-corrected chi connectivity index (χ2v) is 22.3. The molecule has 4 saturated carbocycles. The minimum Gasteiger partial charge on any atom is -0.461 e. The Bertz CT molecular complexity index is 1900. The maximum absolute atomic E-state index is 12.6. The number of hydrogen-bond acceptors (Lipinski definition) is 15. The molecule has 19 atom stereocenters. The van der Waals surface area contributed by atoms with Gasteiger partial charge in [-0.1, -0.05) is 44.2 Å². The van der Waals surface area contributed by atoms with Crippen molar-refractivity contribution in [3.63, 3.8) is 0 Å². The molecule has 4 heterocycles. The van der Waals surface area contributed by atoms with E-state index in [1.54, 1.807) is 6.08 Å². The topological polar surface area (TPSA) is 192 Å². The average Bonchev–Trinajstić information content (AvgIpc) is 3.79. The molecule has 1 aromatic carbocycles. The lowest BCUT2D eigenvalue weighted by Gasteiger charge is -2.65. The molecule has 0 spiro atoms. The summed E-state index contributed by atoms with van der Waals surface area (Å²) in [6.45, 7) is 13.1. The van der Waals surface area contributed by atoms with E-state index in [4.69, 9.17) is 37.9 Å². The van der Waals surface area contributed by atoms with Gasteiger partial charge in [0.25, 0.3) is 0 Å². The molecule has 0 amide bonds. The van der Waals surface area contributed by atoms with Gasteiger partial charge < -0.3 is 63.2 Å². The molecule has 1 aromatic rings. The standard InChI is InChI=1S/C53H79NO14/c1-31-28-54(21-10-9-13-44(58)61-29-34-11-7-6-8-12-34)22-18-46(63-31)67-49-32(2)65-48(27-42(49)56)68-50-33(3)64-47(26-41(50)55)66-37-16-19-51(4)36(24-37)14-15-39-40(51)25-43(57)52(5)38(17-20-53(39,52)60)35-23-45(59)62-30-35/h6-8,11-12,23,31-33,36-43,46-50,55-57,60H,9-10,13-22,24-30H2,1-5H3/t31-,32-,33-,36-,37+,38-,39-,40+,41+,42+,43-,46+,47+,48+,49-,50-,51+,52+,53+/m1/s1. The summed E-state index contributed by atoms with van der Waals surface area (Å²) in [5.74, 6) is 0.0301. The van der Waals surface area contributed by atoms with Crippen LogP contribution in [-0.2, 0) is 54.1 Å². The van der Waals surface area contributed by atoms with E-state index in [2.05, 4.69) is 11.8 Å². The van der Waals surface area contributed by atoms with Crippen molar-refractivity contribution in [2.24, 2.45) is 34.5 Å². The summed E-state index contributed by atoms with van der Waals surface area (Å²) < 4.78 is 49.0. The normalized spacial score (nSPS) is 45.3. The zero-order chi connectivity index (χ0) is 48.0. The molecule has 9 rings (SSSR count). The third-order valence-electron chi connectivity index (χ3n) is 18.2. The van der Waals surface area contributed by atoms with Gasteiger partial charge in [0.1, 0.15) is 25.4 Å². The third kappa shape index (κ3) is 10.2. The lowest BCUT2D eigenvalue weighted by atomic mass is 9.42. The van der Waals surface area contributed by atoms with Crippen LogP contribution in [0.25, 0.3) is 0 Å². The molecule has 4 N–H and O–H groups in total. The van der Waals surface area contributed by atoms with Crippen molar-refractivity contribution >= 4 is 11.9 Å². The number of hydrogen-bond donors (Lipinski definition) is 4. The van der Waals surface area contributed by atoms with Gasteiger partial charge in [-0.05, 0) is 132 Å². The van der Waals surface area contributed by atoms with Crippen molar-refractivity contribution in [2.75, 3.05) is 26.2 Å². The molecule has 15 heteroatoms. The maximum atomic E-state index is 12.6. The Morgan fingerprint density at radius 1 is 0.794 bits per heavy atom. The van der Waals surface area contributed by atoms with Crippen LogP contribution in [0.5, 0.6) is 0 Å². The number of aliphatic hydroxyl groups is 4. The second kappa shape index (κ2) is 20.9. The first-order valence-electron chi connectivity index (χ1n) is 26.0. The fraction of sp³-hybridized carbons (Fsp3) is 0.811. The van der Waals surface area contributed by atoms with Crippen LogP contribution in [-0.4, -0.2) is 143 Å². The molecule has 0 bridgehead atoms. The Kier molecular flexibility index (Phi) is 15.5. The van der Waals surface area contributed by atoms with Crippen molar-refractivity contribution in [2.45, 2.75) is 211 Å². The Balaban J connectivity index is 0.701. The highest BCUT2D eigenvalue weighted by molar-refractivity contribution is 5.85. The highest BCUT2D eigenvalue weighted by atomic mass is 16.7. The lowest BCUT2D eigenvalue weighted by molar-refractivity contribution is -0.329. The second-order valence-electron chi connectivity index (χ2n) is 22.3. The molecule has 7 fully saturated rings. The summed E-state index contributed by atoms with van der Waals surface area (Å²) in [7, 11) is 0. The molecule has 0 aromatic heterocycles. The number of aliphatic hydroxyl groups excluding tert-OH is 3. The van der Waals surface area contributed by atoms with Crippen LogP contribution in [0.4, 0.5) is 0 Å².